The van der Waals surface area contributed by atoms with Crippen molar-refractivity contribution < 1.29 is 0 Å². The first kappa shape index (κ1) is 13.1. The summed E-state index contributed by atoms with van der Waals surface area (Å²) in [6, 6.07) is 16.8. The van der Waals surface area contributed by atoms with Gasteiger partial charge in [-0.1, -0.05) is 48.0 Å². The maximum absolute atomic E-state index is 5.99. The van der Waals surface area contributed by atoms with Crippen molar-refractivity contribution in [3.63, 3.8) is 0 Å². The van der Waals surface area contributed by atoms with Crippen LogP contribution in [0.25, 0.3) is 0 Å². The van der Waals surface area contributed by atoms with E-state index in [1.807, 2.05) is 18.2 Å². The second-order valence-corrected chi connectivity index (χ2v) is 5.30. The Morgan fingerprint density at radius 1 is 0.889 bits per heavy atom. The topological polar surface area (TPSA) is 3.24 Å². The van der Waals surface area contributed by atoms with Crippen LogP contribution < -0.4 is 0 Å². The molecule has 18 heavy (non-hydrogen) atoms. The molecule has 1 nitrogen and oxygen atoms in total. The van der Waals surface area contributed by atoms with Gasteiger partial charge in [-0.15, -0.1) is 0 Å². The number of benzene rings is 2. The van der Waals surface area contributed by atoms with E-state index in [0.717, 1.165) is 18.0 Å². The van der Waals surface area contributed by atoms with Crippen molar-refractivity contribution in [3.05, 3.63) is 70.2 Å². The first-order valence-electron chi connectivity index (χ1n) is 6.10. The van der Waals surface area contributed by atoms with Gasteiger partial charge in [0.2, 0.25) is 0 Å². The summed E-state index contributed by atoms with van der Waals surface area (Å²) in [4.78, 5) is 2.17. The third-order valence-electron chi connectivity index (χ3n) is 2.82. The fourth-order valence-electron chi connectivity index (χ4n) is 2.01. The average molecular weight is 260 g/mol. The van der Waals surface area contributed by atoms with Crippen LogP contribution in [0.3, 0.4) is 0 Å². The molecule has 2 aromatic rings. The molecule has 0 N–H and O–H groups in total. The van der Waals surface area contributed by atoms with Crippen LogP contribution in [0, 0.1) is 0 Å². The van der Waals surface area contributed by atoms with Crippen LogP contribution in [0.1, 0.15) is 16.7 Å². The van der Waals surface area contributed by atoms with E-state index in [2.05, 4.69) is 49.3 Å². The molecular weight excluding hydrogens is 242 g/mol. The Morgan fingerprint density at radius 3 is 2.17 bits per heavy atom. The lowest BCUT2D eigenvalue weighted by atomic mass is 10.0. The Morgan fingerprint density at radius 2 is 1.56 bits per heavy atom. The molecule has 0 bridgehead atoms. The molecule has 0 aromatic heterocycles. The monoisotopic (exact) mass is 259 g/mol. The summed E-state index contributed by atoms with van der Waals surface area (Å²) >= 11 is 5.99. The van der Waals surface area contributed by atoms with Crippen LogP contribution in [0.5, 0.6) is 0 Å². The minimum absolute atomic E-state index is 0.803. The minimum Gasteiger partial charge on any atom is -0.305 e. The molecule has 2 heteroatoms. The van der Waals surface area contributed by atoms with Crippen molar-refractivity contribution in [3.8, 4) is 0 Å². The molecule has 0 amide bonds. The second kappa shape index (κ2) is 6.03. The molecule has 2 rings (SSSR count). The Balaban J connectivity index is 2.06. The van der Waals surface area contributed by atoms with E-state index in [0.29, 0.717) is 0 Å². The summed E-state index contributed by atoms with van der Waals surface area (Å²) in [5.41, 5.74) is 3.91. The van der Waals surface area contributed by atoms with E-state index in [-0.39, 0.29) is 0 Å². The van der Waals surface area contributed by atoms with Crippen LogP contribution in [-0.2, 0) is 13.0 Å². The van der Waals surface area contributed by atoms with Gasteiger partial charge in [-0.3, -0.25) is 0 Å². The van der Waals surface area contributed by atoms with E-state index < -0.39 is 0 Å². The zero-order chi connectivity index (χ0) is 13.0. The molecule has 0 fully saturated rings. The average Bonchev–Trinajstić information content (AvgIpc) is 2.31. The van der Waals surface area contributed by atoms with E-state index >= 15 is 0 Å². The molecule has 94 valence electrons. The van der Waals surface area contributed by atoms with Gasteiger partial charge in [-0.2, -0.15) is 0 Å². The molecule has 0 aliphatic rings. The largest absolute Gasteiger partial charge is 0.305 e. The first-order valence-corrected chi connectivity index (χ1v) is 6.48. The molecule has 0 spiro atoms. The highest BCUT2D eigenvalue weighted by atomic mass is 35.5. The Kier molecular flexibility index (Phi) is 4.40. The van der Waals surface area contributed by atoms with Crippen LogP contribution in [0.15, 0.2) is 48.5 Å². The van der Waals surface area contributed by atoms with Crippen molar-refractivity contribution in [2.75, 3.05) is 14.1 Å². The van der Waals surface area contributed by atoms with Crippen molar-refractivity contribution in [2.24, 2.45) is 0 Å². The molecule has 0 saturated heterocycles. The number of nitrogens with zero attached hydrogens (tertiary/aromatic N) is 1. The quantitative estimate of drug-likeness (QED) is 0.803. The number of rotatable bonds is 4. The highest BCUT2D eigenvalue weighted by molar-refractivity contribution is 6.30. The third-order valence-corrected chi connectivity index (χ3v) is 3.05. The minimum atomic E-state index is 0.803. The lowest BCUT2D eigenvalue weighted by Crippen LogP contribution is -2.10. The fraction of sp³-hybridized carbons (Fsp3) is 0.250. The molecule has 0 heterocycles. The maximum atomic E-state index is 5.99. The van der Waals surface area contributed by atoms with Crippen molar-refractivity contribution in [1.29, 1.82) is 0 Å². The van der Waals surface area contributed by atoms with Crippen LogP contribution in [0.2, 0.25) is 5.02 Å². The summed E-state index contributed by atoms with van der Waals surface area (Å²) < 4.78 is 0. The molecule has 0 radical (unpaired) electrons. The van der Waals surface area contributed by atoms with Gasteiger partial charge in [-0.05, 0) is 49.3 Å². The van der Waals surface area contributed by atoms with E-state index in [9.17, 15) is 0 Å². The van der Waals surface area contributed by atoms with Gasteiger partial charge in [-0.25, -0.2) is 0 Å². The summed E-state index contributed by atoms with van der Waals surface area (Å²) in [6.45, 7) is 0.984. The lowest BCUT2D eigenvalue weighted by Gasteiger charge is -2.10. The fourth-order valence-corrected chi connectivity index (χ4v) is 2.22. The Hall–Kier alpha value is -1.31. The van der Waals surface area contributed by atoms with Gasteiger partial charge in [0.15, 0.2) is 0 Å². The molecule has 0 aliphatic heterocycles. The van der Waals surface area contributed by atoms with Crippen LogP contribution in [-0.4, -0.2) is 19.0 Å². The van der Waals surface area contributed by atoms with Gasteiger partial charge in [0, 0.05) is 11.6 Å². The molecule has 0 unspecified atom stereocenters. The third kappa shape index (κ3) is 3.86. The summed E-state index contributed by atoms with van der Waals surface area (Å²) in [5, 5.41) is 0.803. The van der Waals surface area contributed by atoms with Gasteiger partial charge >= 0.3 is 0 Å². The number of halogens is 1. The highest BCUT2D eigenvalue weighted by Gasteiger charge is 1.99. The summed E-state index contributed by atoms with van der Waals surface area (Å²) in [7, 11) is 4.17. The number of hydrogen-bond acceptors (Lipinski definition) is 1. The lowest BCUT2D eigenvalue weighted by molar-refractivity contribution is 0.402. The van der Waals surface area contributed by atoms with Crippen LogP contribution in [0.4, 0.5) is 0 Å². The number of hydrogen-bond donors (Lipinski definition) is 0. The Labute approximate surface area is 114 Å². The highest BCUT2D eigenvalue weighted by Crippen LogP contribution is 2.15. The summed E-state index contributed by atoms with van der Waals surface area (Å²) in [6.07, 6.45) is 0.933. The zero-order valence-electron chi connectivity index (χ0n) is 10.9. The normalized spacial score (nSPS) is 10.9. The second-order valence-electron chi connectivity index (χ2n) is 4.86. The van der Waals surface area contributed by atoms with Gasteiger partial charge < -0.3 is 4.90 Å². The SMILES string of the molecule is CN(C)Cc1ccc(Cc2cccc(Cl)c2)cc1. The van der Waals surface area contributed by atoms with E-state index in [4.69, 9.17) is 11.6 Å². The molecule has 0 aliphatic carbocycles. The van der Waals surface area contributed by atoms with E-state index in [1.165, 1.54) is 16.7 Å². The van der Waals surface area contributed by atoms with Gasteiger partial charge in [0.05, 0.1) is 0 Å². The molecular formula is C16H18ClN. The standard InChI is InChI=1S/C16H18ClN/c1-18(2)12-14-8-6-13(7-9-14)10-15-4-3-5-16(17)11-15/h3-9,11H,10,12H2,1-2H3. The predicted octanol–water partition coefficient (Wildman–Crippen LogP) is 3.99. The van der Waals surface area contributed by atoms with E-state index in [1.54, 1.807) is 0 Å². The molecule has 0 saturated carbocycles. The van der Waals surface area contributed by atoms with Gasteiger partial charge in [0.1, 0.15) is 0 Å². The van der Waals surface area contributed by atoms with Gasteiger partial charge in [0.25, 0.3) is 0 Å². The zero-order valence-corrected chi connectivity index (χ0v) is 11.6. The van der Waals surface area contributed by atoms with Crippen molar-refractivity contribution in [1.82, 2.24) is 4.90 Å². The molecule has 2 aromatic carbocycles. The molecule has 0 atom stereocenters. The smallest absolute Gasteiger partial charge is 0.0408 e. The van der Waals surface area contributed by atoms with Crippen LogP contribution >= 0.6 is 11.6 Å². The van der Waals surface area contributed by atoms with Crippen molar-refractivity contribution >= 4 is 11.6 Å². The Bertz CT molecular complexity index is 503. The summed E-state index contributed by atoms with van der Waals surface area (Å²) in [5.74, 6) is 0. The first-order chi connectivity index (χ1) is 8.63. The predicted molar refractivity (Wildman–Crippen MR) is 78.1 cm³/mol. The maximum Gasteiger partial charge on any atom is 0.0408 e. The van der Waals surface area contributed by atoms with Crippen molar-refractivity contribution in [2.45, 2.75) is 13.0 Å².